The molecule has 0 aliphatic carbocycles. The van der Waals surface area contributed by atoms with Crippen molar-refractivity contribution >= 4 is 27.3 Å². The van der Waals surface area contributed by atoms with Gasteiger partial charge in [-0.2, -0.15) is 0 Å². The molecule has 0 amide bonds. The van der Waals surface area contributed by atoms with Crippen LogP contribution in [-0.2, 0) is 29.0 Å². The molecule has 2 aromatic rings. The van der Waals surface area contributed by atoms with Crippen LogP contribution in [0.2, 0.25) is 5.02 Å². The first kappa shape index (κ1) is 23.0. The SMILES string of the molecule is COCO[C@@H]1c2cc(Cl)ccc2N(S(=O)(=O)c2ccc(C)cc2)CC[C@H]1OCOC. The molecule has 0 N–H and O–H groups in total. The van der Waals surface area contributed by atoms with Gasteiger partial charge in [0, 0.05) is 31.4 Å². The molecule has 2 aromatic carbocycles. The van der Waals surface area contributed by atoms with Crippen LogP contribution in [0.5, 0.6) is 0 Å². The van der Waals surface area contributed by atoms with Crippen LogP contribution in [0, 0.1) is 6.92 Å². The first-order chi connectivity index (χ1) is 14.4. The Morgan fingerprint density at radius 3 is 2.37 bits per heavy atom. The molecule has 0 unspecified atom stereocenters. The number of halogens is 1. The van der Waals surface area contributed by atoms with Crippen LogP contribution in [0.25, 0.3) is 0 Å². The van der Waals surface area contributed by atoms with Crippen LogP contribution >= 0.6 is 11.6 Å². The summed E-state index contributed by atoms with van der Waals surface area (Å²) in [5, 5.41) is 0.472. The van der Waals surface area contributed by atoms with E-state index < -0.39 is 22.2 Å². The lowest BCUT2D eigenvalue weighted by Crippen LogP contribution is -2.33. The highest BCUT2D eigenvalue weighted by molar-refractivity contribution is 7.92. The molecule has 0 aromatic heterocycles. The third kappa shape index (κ3) is 4.96. The number of nitrogens with zero attached hydrogens (tertiary/aromatic N) is 1. The molecule has 0 radical (unpaired) electrons. The molecule has 0 bridgehead atoms. The van der Waals surface area contributed by atoms with Gasteiger partial charge in [-0.3, -0.25) is 4.31 Å². The van der Waals surface area contributed by atoms with Gasteiger partial charge in [-0.05, 0) is 43.7 Å². The van der Waals surface area contributed by atoms with Gasteiger partial charge in [0.25, 0.3) is 10.0 Å². The zero-order valence-corrected chi connectivity index (χ0v) is 18.8. The lowest BCUT2D eigenvalue weighted by Gasteiger charge is -2.26. The number of benzene rings is 2. The Morgan fingerprint density at radius 2 is 1.70 bits per heavy atom. The fourth-order valence-electron chi connectivity index (χ4n) is 3.45. The summed E-state index contributed by atoms with van der Waals surface area (Å²) in [5.74, 6) is 0. The molecule has 164 valence electrons. The Kier molecular flexibility index (Phi) is 7.73. The Labute approximate surface area is 182 Å². The normalized spacial score (nSPS) is 19.4. The smallest absolute Gasteiger partial charge is 0.264 e. The molecule has 0 saturated heterocycles. The highest BCUT2D eigenvalue weighted by Crippen LogP contribution is 2.40. The topological polar surface area (TPSA) is 74.3 Å². The number of sulfonamides is 1. The number of fused-ring (bicyclic) bond motifs is 1. The number of hydrogen-bond donors (Lipinski definition) is 0. The molecule has 1 aliphatic rings. The van der Waals surface area contributed by atoms with Crippen molar-refractivity contribution in [3.63, 3.8) is 0 Å². The number of methoxy groups -OCH3 is 2. The highest BCUT2D eigenvalue weighted by atomic mass is 35.5. The maximum atomic E-state index is 13.5. The maximum absolute atomic E-state index is 13.5. The number of ether oxygens (including phenoxy) is 4. The Morgan fingerprint density at radius 1 is 1.03 bits per heavy atom. The quantitative estimate of drug-likeness (QED) is 0.562. The van der Waals surface area contributed by atoms with E-state index in [9.17, 15) is 8.42 Å². The molecule has 0 saturated carbocycles. The monoisotopic (exact) mass is 455 g/mol. The molecule has 2 atom stereocenters. The minimum Gasteiger partial charge on any atom is -0.359 e. The largest absolute Gasteiger partial charge is 0.359 e. The van der Waals surface area contributed by atoms with Crippen molar-refractivity contribution in [2.24, 2.45) is 0 Å². The predicted octanol–water partition coefficient (Wildman–Crippen LogP) is 3.90. The lowest BCUT2D eigenvalue weighted by atomic mass is 10.0. The molecule has 0 fully saturated rings. The third-order valence-corrected chi connectivity index (χ3v) is 6.96. The Hall–Kier alpha value is -1.68. The van der Waals surface area contributed by atoms with Gasteiger partial charge in [-0.25, -0.2) is 8.42 Å². The highest BCUT2D eigenvalue weighted by Gasteiger charge is 2.37. The predicted molar refractivity (Wildman–Crippen MR) is 114 cm³/mol. The van der Waals surface area contributed by atoms with Gasteiger partial charge in [-0.1, -0.05) is 29.3 Å². The third-order valence-electron chi connectivity index (χ3n) is 4.89. The first-order valence-electron chi connectivity index (χ1n) is 9.48. The van der Waals surface area contributed by atoms with E-state index in [1.165, 1.54) is 18.5 Å². The second-order valence-electron chi connectivity index (χ2n) is 6.99. The summed E-state index contributed by atoms with van der Waals surface area (Å²) in [5.41, 5.74) is 2.11. The van der Waals surface area contributed by atoms with Crippen LogP contribution in [-0.4, -0.2) is 48.9 Å². The fourth-order valence-corrected chi connectivity index (χ4v) is 5.13. The van der Waals surface area contributed by atoms with Gasteiger partial charge in [0.1, 0.15) is 19.7 Å². The molecule has 0 spiro atoms. The van der Waals surface area contributed by atoms with E-state index >= 15 is 0 Å². The van der Waals surface area contributed by atoms with Crippen LogP contribution in [0.3, 0.4) is 0 Å². The van der Waals surface area contributed by atoms with E-state index in [0.29, 0.717) is 22.7 Å². The van der Waals surface area contributed by atoms with E-state index in [4.69, 9.17) is 30.5 Å². The molecule has 30 heavy (non-hydrogen) atoms. The summed E-state index contributed by atoms with van der Waals surface area (Å²) in [6.45, 7) is 2.20. The van der Waals surface area contributed by atoms with Gasteiger partial charge in [-0.15, -0.1) is 0 Å². The first-order valence-corrected chi connectivity index (χ1v) is 11.3. The van der Waals surface area contributed by atoms with Crippen molar-refractivity contribution in [2.75, 3.05) is 38.7 Å². The lowest BCUT2D eigenvalue weighted by molar-refractivity contribution is -0.159. The molecular formula is C21H26ClNO6S. The van der Waals surface area contributed by atoms with Crippen molar-refractivity contribution < 1.29 is 27.4 Å². The van der Waals surface area contributed by atoms with E-state index in [0.717, 1.165) is 5.56 Å². The van der Waals surface area contributed by atoms with Crippen LogP contribution in [0.15, 0.2) is 47.4 Å². The molecule has 7 nitrogen and oxygen atoms in total. The fraction of sp³-hybridized carbons (Fsp3) is 0.429. The van der Waals surface area contributed by atoms with Crippen molar-refractivity contribution in [2.45, 2.75) is 30.4 Å². The number of anilines is 1. The van der Waals surface area contributed by atoms with E-state index in [-0.39, 0.29) is 25.0 Å². The number of rotatable bonds is 8. The van der Waals surface area contributed by atoms with Crippen LogP contribution < -0.4 is 4.31 Å². The zero-order chi connectivity index (χ0) is 21.7. The molecule has 9 heteroatoms. The van der Waals surface area contributed by atoms with Gasteiger partial charge in [0.05, 0.1) is 16.7 Å². The van der Waals surface area contributed by atoms with Crippen LogP contribution in [0.1, 0.15) is 23.7 Å². The van der Waals surface area contributed by atoms with E-state index in [1.54, 1.807) is 42.5 Å². The Balaban J connectivity index is 2.09. The molecule has 1 aliphatic heterocycles. The maximum Gasteiger partial charge on any atom is 0.264 e. The standard InChI is InChI=1S/C21H26ClNO6S/c1-15-4-7-17(8-5-15)30(24,25)23-11-10-20(28-13-26-2)21(29-14-27-3)18-12-16(22)6-9-19(18)23/h4-9,12,20-21H,10-11,13-14H2,1-3H3/t20-,21-/m1/s1. The molecule has 3 rings (SSSR count). The van der Waals surface area contributed by atoms with Gasteiger partial charge in [0.15, 0.2) is 0 Å². The minimum atomic E-state index is -3.80. The average Bonchev–Trinajstić information content (AvgIpc) is 2.87. The second-order valence-corrected chi connectivity index (χ2v) is 9.29. The number of hydrogen-bond acceptors (Lipinski definition) is 6. The molecular weight excluding hydrogens is 430 g/mol. The van der Waals surface area contributed by atoms with Gasteiger partial charge >= 0.3 is 0 Å². The van der Waals surface area contributed by atoms with Crippen molar-refractivity contribution in [3.8, 4) is 0 Å². The van der Waals surface area contributed by atoms with Crippen molar-refractivity contribution in [1.82, 2.24) is 0 Å². The summed E-state index contributed by atoms with van der Waals surface area (Å²) in [6, 6.07) is 11.9. The molecule has 1 heterocycles. The number of aryl methyl sites for hydroxylation is 1. The van der Waals surface area contributed by atoms with Crippen molar-refractivity contribution in [1.29, 1.82) is 0 Å². The van der Waals surface area contributed by atoms with Crippen molar-refractivity contribution in [3.05, 3.63) is 58.6 Å². The Bertz CT molecular complexity index is 950. The van der Waals surface area contributed by atoms with E-state index in [2.05, 4.69) is 0 Å². The minimum absolute atomic E-state index is 0.0220. The summed E-state index contributed by atoms with van der Waals surface area (Å²) in [6.07, 6.45) is -0.627. The van der Waals surface area contributed by atoms with E-state index in [1.807, 2.05) is 6.92 Å². The summed E-state index contributed by atoms with van der Waals surface area (Å²) in [4.78, 5) is 0.222. The average molecular weight is 456 g/mol. The zero-order valence-electron chi connectivity index (χ0n) is 17.2. The second kappa shape index (κ2) is 10.1. The van der Waals surface area contributed by atoms with Crippen LogP contribution in [0.4, 0.5) is 5.69 Å². The summed E-state index contributed by atoms with van der Waals surface area (Å²) in [7, 11) is -0.749. The summed E-state index contributed by atoms with van der Waals surface area (Å²) >= 11 is 6.26. The van der Waals surface area contributed by atoms with Gasteiger partial charge in [0.2, 0.25) is 0 Å². The van der Waals surface area contributed by atoms with Gasteiger partial charge < -0.3 is 18.9 Å². The summed E-state index contributed by atoms with van der Waals surface area (Å²) < 4.78 is 50.3.